The van der Waals surface area contributed by atoms with E-state index in [1.807, 2.05) is 23.6 Å². The fourth-order valence-electron chi connectivity index (χ4n) is 2.31. The molecule has 0 aliphatic rings. The molecule has 0 fully saturated rings. The molecule has 5 nitrogen and oxygen atoms in total. The lowest BCUT2D eigenvalue weighted by molar-refractivity contribution is 0.100. The minimum absolute atomic E-state index is 0.276. The molecule has 114 valence electrons. The molecule has 0 aliphatic carbocycles. The van der Waals surface area contributed by atoms with E-state index < -0.39 is 5.91 Å². The van der Waals surface area contributed by atoms with Gasteiger partial charge in [0.2, 0.25) is 0 Å². The molecule has 0 saturated carbocycles. The van der Waals surface area contributed by atoms with Gasteiger partial charge in [-0.2, -0.15) is 5.26 Å². The Morgan fingerprint density at radius 1 is 1.48 bits per heavy atom. The molecule has 3 N–H and O–H groups in total. The lowest BCUT2D eigenvalue weighted by Crippen LogP contribution is -2.15. The molecule has 23 heavy (non-hydrogen) atoms. The van der Waals surface area contributed by atoms with Crippen molar-refractivity contribution in [2.45, 2.75) is 6.54 Å². The molecule has 3 aromatic rings. The number of thiophene rings is 1. The summed E-state index contributed by atoms with van der Waals surface area (Å²) in [6.45, 7) is 0.476. The number of nitriles is 1. The van der Waals surface area contributed by atoms with Crippen molar-refractivity contribution >= 4 is 44.6 Å². The van der Waals surface area contributed by atoms with E-state index in [4.69, 9.17) is 22.6 Å². The van der Waals surface area contributed by atoms with Gasteiger partial charge in [-0.25, -0.2) is 4.98 Å². The second kappa shape index (κ2) is 6.24. The summed E-state index contributed by atoms with van der Waals surface area (Å²) in [7, 11) is 0. The van der Waals surface area contributed by atoms with Gasteiger partial charge in [-0.05, 0) is 11.6 Å². The Morgan fingerprint density at radius 2 is 2.30 bits per heavy atom. The number of nitrogens with one attached hydrogen (secondary N) is 1. The number of hydrogen-bond acceptors (Lipinski definition) is 5. The molecular formula is C16H11ClN4OS. The highest BCUT2D eigenvalue weighted by Gasteiger charge is 2.11. The van der Waals surface area contributed by atoms with E-state index in [1.165, 1.54) is 17.5 Å². The second-order valence-electron chi connectivity index (χ2n) is 4.83. The number of pyridine rings is 1. The lowest BCUT2D eigenvalue weighted by Gasteiger charge is -2.11. The van der Waals surface area contributed by atoms with Crippen molar-refractivity contribution in [1.82, 2.24) is 4.98 Å². The predicted molar refractivity (Wildman–Crippen MR) is 91.6 cm³/mol. The van der Waals surface area contributed by atoms with E-state index in [2.05, 4.69) is 16.4 Å². The van der Waals surface area contributed by atoms with Crippen LogP contribution in [0.3, 0.4) is 0 Å². The molecule has 2 heterocycles. The third-order valence-corrected chi connectivity index (χ3v) is 4.69. The maximum atomic E-state index is 11.5. The Labute approximate surface area is 141 Å². The first-order valence-corrected chi connectivity index (χ1v) is 7.94. The van der Waals surface area contributed by atoms with E-state index >= 15 is 0 Å². The highest BCUT2D eigenvalue weighted by atomic mass is 35.5. The van der Waals surface area contributed by atoms with Crippen molar-refractivity contribution in [3.8, 4) is 6.07 Å². The number of anilines is 1. The SMILES string of the molecule is N#Cc1csc2c(CNc3cc(Cl)ncc3C(N)=O)cccc12. The van der Waals surface area contributed by atoms with Gasteiger partial charge in [0, 0.05) is 28.2 Å². The van der Waals surface area contributed by atoms with Crippen LogP contribution in [-0.2, 0) is 6.54 Å². The highest BCUT2D eigenvalue weighted by molar-refractivity contribution is 7.17. The van der Waals surface area contributed by atoms with Gasteiger partial charge in [0.15, 0.2) is 0 Å². The maximum absolute atomic E-state index is 11.5. The Kier molecular flexibility index (Phi) is 4.15. The summed E-state index contributed by atoms with van der Waals surface area (Å²) in [5.41, 5.74) is 7.86. The van der Waals surface area contributed by atoms with Crippen molar-refractivity contribution < 1.29 is 4.79 Å². The van der Waals surface area contributed by atoms with E-state index in [-0.39, 0.29) is 10.7 Å². The van der Waals surface area contributed by atoms with Gasteiger partial charge in [0.25, 0.3) is 5.91 Å². The fraction of sp³-hybridized carbons (Fsp3) is 0.0625. The molecule has 0 spiro atoms. The number of aromatic nitrogens is 1. The van der Waals surface area contributed by atoms with Crippen LogP contribution in [0.1, 0.15) is 21.5 Å². The fourth-order valence-corrected chi connectivity index (χ4v) is 3.48. The Balaban J connectivity index is 1.93. The highest BCUT2D eigenvalue weighted by Crippen LogP contribution is 2.29. The maximum Gasteiger partial charge on any atom is 0.252 e. The van der Waals surface area contributed by atoms with Crippen LogP contribution in [0.25, 0.3) is 10.1 Å². The van der Waals surface area contributed by atoms with Gasteiger partial charge >= 0.3 is 0 Å². The molecule has 0 atom stereocenters. The van der Waals surface area contributed by atoms with Crippen LogP contribution in [0.5, 0.6) is 0 Å². The first kappa shape index (κ1) is 15.3. The van der Waals surface area contributed by atoms with Crippen molar-refractivity contribution in [1.29, 1.82) is 5.26 Å². The monoisotopic (exact) mass is 342 g/mol. The number of primary amides is 1. The van der Waals surface area contributed by atoms with E-state index in [0.29, 0.717) is 17.8 Å². The van der Waals surface area contributed by atoms with Gasteiger partial charge in [-0.1, -0.05) is 29.8 Å². The van der Waals surface area contributed by atoms with Crippen LogP contribution in [-0.4, -0.2) is 10.9 Å². The van der Waals surface area contributed by atoms with Gasteiger partial charge in [0.1, 0.15) is 11.2 Å². The predicted octanol–water partition coefficient (Wildman–Crippen LogP) is 3.53. The largest absolute Gasteiger partial charge is 0.380 e. The van der Waals surface area contributed by atoms with Gasteiger partial charge in [-0.15, -0.1) is 11.3 Å². The number of benzene rings is 1. The molecule has 3 rings (SSSR count). The number of nitrogens with two attached hydrogens (primary N) is 1. The Bertz CT molecular complexity index is 945. The molecule has 2 aromatic heterocycles. The zero-order valence-electron chi connectivity index (χ0n) is 11.8. The molecule has 0 saturated heterocycles. The van der Waals surface area contributed by atoms with Crippen molar-refractivity contribution in [2.24, 2.45) is 5.73 Å². The molecule has 7 heteroatoms. The molecular weight excluding hydrogens is 332 g/mol. The van der Waals surface area contributed by atoms with Crippen molar-refractivity contribution in [2.75, 3.05) is 5.32 Å². The normalized spacial score (nSPS) is 10.4. The van der Waals surface area contributed by atoms with Crippen LogP contribution in [0.2, 0.25) is 5.15 Å². The smallest absolute Gasteiger partial charge is 0.252 e. The van der Waals surface area contributed by atoms with Crippen molar-refractivity contribution in [3.05, 3.63) is 57.7 Å². The summed E-state index contributed by atoms with van der Waals surface area (Å²) < 4.78 is 1.04. The summed E-state index contributed by atoms with van der Waals surface area (Å²) in [4.78, 5) is 15.3. The summed E-state index contributed by atoms with van der Waals surface area (Å²) >= 11 is 7.40. The third kappa shape index (κ3) is 2.97. The number of amides is 1. The summed E-state index contributed by atoms with van der Waals surface area (Å²) in [6.07, 6.45) is 1.35. The molecule has 1 aromatic carbocycles. The van der Waals surface area contributed by atoms with E-state index in [1.54, 1.807) is 6.07 Å². The summed E-state index contributed by atoms with van der Waals surface area (Å²) in [5, 5.41) is 15.3. The van der Waals surface area contributed by atoms with E-state index in [9.17, 15) is 4.79 Å². The molecule has 0 aliphatic heterocycles. The second-order valence-corrected chi connectivity index (χ2v) is 6.09. The number of rotatable bonds is 4. The zero-order valence-corrected chi connectivity index (χ0v) is 13.4. The van der Waals surface area contributed by atoms with Gasteiger partial charge in [0.05, 0.1) is 16.8 Å². The first-order valence-electron chi connectivity index (χ1n) is 6.68. The lowest BCUT2D eigenvalue weighted by atomic mass is 10.1. The average molecular weight is 343 g/mol. The zero-order chi connectivity index (χ0) is 16.4. The number of nitrogens with zero attached hydrogens (tertiary/aromatic N) is 2. The average Bonchev–Trinajstić information content (AvgIpc) is 2.96. The summed E-state index contributed by atoms with van der Waals surface area (Å²) in [6, 6.07) is 9.55. The van der Waals surface area contributed by atoms with Gasteiger partial charge in [-0.3, -0.25) is 4.79 Å². The number of halogens is 1. The molecule has 0 radical (unpaired) electrons. The number of carbonyl (C=O) groups excluding carboxylic acids is 1. The minimum Gasteiger partial charge on any atom is -0.380 e. The number of hydrogen-bond donors (Lipinski definition) is 2. The van der Waals surface area contributed by atoms with Crippen LogP contribution < -0.4 is 11.1 Å². The number of fused-ring (bicyclic) bond motifs is 1. The van der Waals surface area contributed by atoms with Crippen molar-refractivity contribution in [3.63, 3.8) is 0 Å². The van der Waals surface area contributed by atoms with Gasteiger partial charge < -0.3 is 11.1 Å². The third-order valence-electron chi connectivity index (χ3n) is 3.41. The Hall–Kier alpha value is -2.62. The van der Waals surface area contributed by atoms with Crippen LogP contribution in [0, 0.1) is 11.3 Å². The standard InChI is InChI=1S/C16H11ClN4OS/c17-14-4-13(12(7-21-14)16(19)22)20-6-9-2-1-3-11-10(5-18)8-23-15(9)11/h1-4,7-8H,6H2,(H2,19,22)(H,20,21). The first-order chi connectivity index (χ1) is 11.1. The Morgan fingerprint density at radius 3 is 3.04 bits per heavy atom. The van der Waals surface area contributed by atoms with Crippen LogP contribution >= 0.6 is 22.9 Å². The minimum atomic E-state index is -0.572. The quantitative estimate of drug-likeness (QED) is 0.709. The molecule has 0 bridgehead atoms. The van der Waals surface area contributed by atoms with Crippen LogP contribution in [0.15, 0.2) is 35.8 Å². The summed E-state index contributed by atoms with van der Waals surface area (Å²) in [5.74, 6) is -0.572. The number of carbonyl (C=O) groups is 1. The molecule has 1 amide bonds. The molecule has 0 unspecified atom stereocenters. The topological polar surface area (TPSA) is 91.8 Å². The van der Waals surface area contributed by atoms with Crippen LogP contribution in [0.4, 0.5) is 5.69 Å². The van der Waals surface area contributed by atoms with E-state index in [0.717, 1.165) is 15.6 Å².